The minimum absolute atomic E-state index is 0.0571. The molecule has 1 N–H and O–H groups in total. The van der Waals surface area contributed by atoms with Crippen LogP contribution in [0.5, 0.6) is 0 Å². The van der Waals surface area contributed by atoms with E-state index < -0.39 is 42.8 Å². The number of alkyl halides is 2. The van der Waals surface area contributed by atoms with Crippen molar-refractivity contribution in [2.75, 3.05) is 53.8 Å². The topological polar surface area (TPSA) is 166 Å². The van der Waals surface area contributed by atoms with Gasteiger partial charge in [0.1, 0.15) is 16.7 Å². The minimum atomic E-state index is -3.93. The van der Waals surface area contributed by atoms with Crippen LogP contribution in [0.4, 0.5) is 27.5 Å². The molecule has 2 aromatic carbocycles. The second-order valence-electron chi connectivity index (χ2n) is 15.4. The number of carbonyl (C=O) groups is 3. The Morgan fingerprint density at radius 3 is 1.50 bits per heavy atom. The van der Waals surface area contributed by atoms with Gasteiger partial charge < -0.3 is 14.5 Å². The van der Waals surface area contributed by atoms with Crippen molar-refractivity contribution in [1.29, 1.82) is 0 Å². The van der Waals surface area contributed by atoms with Crippen LogP contribution in [0.1, 0.15) is 61.3 Å². The third-order valence-corrected chi connectivity index (χ3v) is 13.9. The first-order valence-corrected chi connectivity index (χ1v) is 24.3. The first kappa shape index (κ1) is 54.6. The number of anilines is 2. The molecule has 0 spiro atoms. The van der Waals surface area contributed by atoms with Crippen LogP contribution in [0.3, 0.4) is 0 Å². The maximum absolute atomic E-state index is 13.1. The summed E-state index contributed by atoms with van der Waals surface area (Å²) in [6.07, 6.45) is -0.510. The number of rotatable bonds is 12. The Morgan fingerprint density at radius 2 is 1.18 bits per heavy atom. The van der Waals surface area contributed by atoms with E-state index in [9.17, 15) is 31.2 Å². The second kappa shape index (κ2) is 21.9. The fourth-order valence-electron chi connectivity index (χ4n) is 5.82. The number of hydrogen-bond donors (Lipinski definition) is 1. The minimum Gasteiger partial charge on any atom is -0.443 e. The Kier molecular flexibility index (Phi) is 19.3. The summed E-state index contributed by atoms with van der Waals surface area (Å²) in [7, 11) is -4.74. The largest absolute Gasteiger partial charge is 0.443 e. The molecule has 3 amide bonds. The molecular formula is C38H48Cl4N8O8S4. The number of amides is 3. The summed E-state index contributed by atoms with van der Waals surface area (Å²) in [5, 5.41) is 1.12. The fraction of sp³-hybridized carbons (Fsp3) is 0.500. The molecule has 2 saturated heterocycles. The lowest BCUT2D eigenvalue weighted by Gasteiger charge is -2.29. The summed E-state index contributed by atoms with van der Waals surface area (Å²) in [4.78, 5) is 50.8. The van der Waals surface area contributed by atoms with Crippen molar-refractivity contribution in [1.82, 2.24) is 18.8 Å². The van der Waals surface area contributed by atoms with Gasteiger partial charge in [-0.1, -0.05) is 35.3 Å². The number of ether oxygens (including phenoxy) is 1. The molecule has 2 aliphatic heterocycles. The highest BCUT2D eigenvalue weighted by Gasteiger charge is 2.50. The molecule has 4 rings (SSSR count). The van der Waals surface area contributed by atoms with E-state index in [0.29, 0.717) is 34.3 Å². The first-order chi connectivity index (χ1) is 28.5. The number of benzene rings is 2. The second-order valence-corrected chi connectivity index (χ2v) is 21.9. The van der Waals surface area contributed by atoms with Crippen LogP contribution in [0.15, 0.2) is 36.4 Å². The van der Waals surface area contributed by atoms with Gasteiger partial charge in [-0.2, -0.15) is 0 Å². The number of carbonyl (C=O) groups excluding carboxylic acids is 3. The van der Waals surface area contributed by atoms with Gasteiger partial charge in [-0.15, -0.1) is 23.2 Å². The van der Waals surface area contributed by atoms with E-state index in [0.717, 1.165) is 7.05 Å². The number of nitrogens with one attached hydrogen (secondary N) is 1. The quantitative estimate of drug-likeness (QED) is 0.123. The number of sulfonamides is 2. The standard InChI is InChI=1S/C21H27ClN4O5S2.C16H19ClN4O3S2.CH2Cl2/c1-20(2,3)31-19(28)24(7)33(29,30)12-8-11-25-18(32)26(17(27)21(25,4)5)14-9-10-16(23-6)15(22)13-14;1-16(2)14(22)21(11-6-7-13(18-3)12(17)10-11)15(25)20(16)8-5-9-26(23,24)19-4;2-1-3/h9-10,13H,8,11-12H2,1-5,7H3;6-7,10,19H,5,8-9H2,1-2,4H3;1H2. The zero-order chi connectivity index (χ0) is 47.8. The Morgan fingerprint density at radius 1 is 0.806 bits per heavy atom. The highest BCUT2D eigenvalue weighted by atomic mass is 35.5. The number of halogens is 4. The molecule has 0 unspecified atom stereocenters. The first-order valence-electron chi connectivity index (χ1n) is 18.4. The third-order valence-electron chi connectivity index (χ3n) is 9.22. The summed E-state index contributed by atoms with van der Waals surface area (Å²) in [6, 6.07) is 9.28. The lowest BCUT2D eigenvalue weighted by Crippen LogP contribution is -2.45. The van der Waals surface area contributed by atoms with Gasteiger partial charge in [-0.05, 0) is 117 Å². The predicted octanol–water partition coefficient (Wildman–Crippen LogP) is 8.15. The van der Waals surface area contributed by atoms with Crippen molar-refractivity contribution < 1.29 is 36.0 Å². The molecule has 0 aliphatic carbocycles. The average Bonchev–Trinajstić information content (AvgIpc) is 3.45. The normalized spacial score (nSPS) is 15.9. The van der Waals surface area contributed by atoms with Crippen LogP contribution in [0.25, 0.3) is 9.69 Å². The molecule has 16 nitrogen and oxygen atoms in total. The van der Waals surface area contributed by atoms with Crippen molar-refractivity contribution in [2.45, 2.75) is 78.0 Å². The average molecular weight is 1010 g/mol. The van der Waals surface area contributed by atoms with Crippen LogP contribution < -0.4 is 14.5 Å². The van der Waals surface area contributed by atoms with Gasteiger partial charge in [0, 0.05) is 30.2 Å². The van der Waals surface area contributed by atoms with Gasteiger partial charge in [-0.3, -0.25) is 19.4 Å². The van der Waals surface area contributed by atoms with Crippen LogP contribution >= 0.6 is 70.8 Å². The van der Waals surface area contributed by atoms with Gasteiger partial charge in [0.2, 0.25) is 31.4 Å². The fourth-order valence-corrected chi connectivity index (χ4v) is 9.02. The molecule has 0 atom stereocenters. The van der Waals surface area contributed by atoms with E-state index in [-0.39, 0.29) is 67.6 Å². The van der Waals surface area contributed by atoms with E-state index in [4.69, 9.17) is 88.7 Å². The maximum Gasteiger partial charge on any atom is 0.423 e. The SMILES string of the molecule is ClCCl.[C-]#[N+]c1ccc(N2C(=O)C(C)(C)N(CCCS(=O)(=O)N(C)C(=O)OC(C)(C)C)C2=S)cc1Cl.[C-]#[N+]c1ccc(N2C(=O)C(C)(C)N(CCCS(=O)(=O)NC)C2=S)cc1Cl. The van der Waals surface area contributed by atoms with Gasteiger partial charge in [-0.25, -0.2) is 40.3 Å². The molecule has 2 heterocycles. The summed E-state index contributed by atoms with van der Waals surface area (Å²) < 4.78 is 56.3. The van der Waals surface area contributed by atoms with Gasteiger partial charge in [0.15, 0.2) is 10.2 Å². The Bertz CT molecular complexity index is 2370. The van der Waals surface area contributed by atoms with E-state index >= 15 is 0 Å². The molecule has 62 heavy (non-hydrogen) atoms. The monoisotopic (exact) mass is 1010 g/mol. The third kappa shape index (κ3) is 13.2. The van der Waals surface area contributed by atoms with Crippen LogP contribution in [0, 0.1) is 13.1 Å². The molecule has 0 radical (unpaired) electrons. The summed E-state index contributed by atoms with van der Waals surface area (Å²) in [5.74, 6) is -0.922. The summed E-state index contributed by atoms with van der Waals surface area (Å²) >= 11 is 32.7. The van der Waals surface area contributed by atoms with E-state index in [1.165, 1.54) is 41.1 Å². The molecule has 24 heteroatoms. The van der Waals surface area contributed by atoms with E-state index in [1.54, 1.807) is 70.4 Å². The van der Waals surface area contributed by atoms with Crippen molar-refractivity contribution >= 4 is 142 Å². The van der Waals surface area contributed by atoms with Crippen molar-refractivity contribution in [3.05, 3.63) is 69.3 Å². The maximum atomic E-state index is 13.1. The summed E-state index contributed by atoms with van der Waals surface area (Å²) in [5.41, 5.74) is -1.30. The highest BCUT2D eigenvalue weighted by Crippen LogP contribution is 2.38. The van der Waals surface area contributed by atoms with Crippen molar-refractivity contribution in [3.63, 3.8) is 0 Å². The Balaban J connectivity index is 0.000000411. The smallest absolute Gasteiger partial charge is 0.423 e. The molecule has 2 fully saturated rings. The van der Waals surface area contributed by atoms with Crippen LogP contribution in [0.2, 0.25) is 10.0 Å². The number of thiocarbonyl (C=S) groups is 2. The van der Waals surface area contributed by atoms with Gasteiger partial charge in [0.05, 0.1) is 41.4 Å². The Hall–Kier alpha value is -3.57. The molecular weight excluding hydrogens is 967 g/mol. The van der Waals surface area contributed by atoms with Crippen LogP contribution in [-0.2, 0) is 34.4 Å². The van der Waals surface area contributed by atoms with Crippen molar-refractivity contribution in [2.24, 2.45) is 0 Å². The van der Waals surface area contributed by atoms with Crippen molar-refractivity contribution in [3.8, 4) is 0 Å². The van der Waals surface area contributed by atoms with Gasteiger partial charge >= 0.3 is 6.09 Å². The van der Waals surface area contributed by atoms with Crippen LogP contribution in [-0.4, -0.2) is 120 Å². The number of nitrogens with zero attached hydrogens (tertiary/aromatic N) is 7. The highest BCUT2D eigenvalue weighted by molar-refractivity contribution is 7.89. The van der Waals surface area contributed by atoms with Gasteiger partial charge in [0.25, 0.3) is 11.8 Å². The zero-order valence-corrected chi connectivity index (χ0v) is 41.7. The lowest BCUT2D eigenvalue weighted by molar-refractivity contribution is -0.124. The lowest BCUT2D eigenvalue weighted by atomic mass is 10.0. The number of hydrogen-bond acceptors (Lipinski definition) is 10. The summed E-state index contributed by atoms with van der Waals surface area (Å²) in [6.45, 7) is 26.5. The van der Waals surface area contributed by atoms with E-state index in [1.807, 2.05) is 0 Å². The predicted molar refractivity (Wildman–Crippen MR) is 254 cm³/mol. The molecule has 0 aromatic heterocycles. The zero-order valence-electron chi connectivity index (χ0n) is 35.5. The molecule has 2 aromatic rings. The molecule has 0 bridgehead atoms. The molecule has 340 valence electrons. The molecule has 0 saturated carbocycles. The molecule has 2 aliphatic rings. The van der Waals surface area contributed by atoms with E-state index in [2.05, 4.69) is 14.4 Å². The Labute approximate surface area is 395 Å².